The Morgan fingerprint density at radius 2 is 1.64 bits per heavy atom. The van der Waals surface area contributed by atoms with Gasteiger partial charge in [0.25, 0.3) is 0 Å². The van der Waals surface area contributed by atoms with E-state index in [4.69, 9.17) is 17.0 Å². The predicted molar refractivity (Wildman–Crippen MR) is 48.6 cm³/mol. The fraction of sp³-hybridized carbons (Fsp3) is 0.222. The largest absolute Gasteiger partial charge is 0.289 e. The first-order chi connectivity index (χ1) is 5.09. The SMILES string of the molecule is Cc1cc(C)cc(C(=N)Cl)c1. The van der Waals surface area contributed by atoms with Crippen LogP contribution in [-0.4, -0.2) is 5.17 Å². The number of hydrogen-bond donors (Lipinski definition) is 1. The van der Waals surface area contributed by atoms with Crippen LogP contribution in [0, 0.1) is 19.3 Å². The Morgan fingerprint density at radius 3 is 2.00 bits per heavy atom. The summed E-state index contributed by atoms with van der Waals surface area (Å²) in [5.41, 5.74) is 3.08. The maximum Gasteiger partial charge on any atom is 0.128 e. The van der Waals surface area contributed by atoms with Gasteiger partial charge in [-0.15, -0.1) is 0 Å². The lowest BCUT2D eigenvalue weighted by atomic mass is 10.1. The molecule has 11 heavy (non-hydrogen) atoms. The summed E-state index contributed by atoms with van der Waals surface area (Å²) in [5.74, 6) is 0. The minimum Gasteiger partial charge on any atom is -0.289 e. The summed E-state index contributed by atoms with van der Waals surface area (Å²) in [6, 6.07) is 5.87. The lowest BCUT2D eigenvalue weighted by molar-refractivity contribution is 1.37. The molecule has 0 bridgehead atoms. The van der Waals surface area contributed by atoms with Crippen LogP contribution in [0.5, 0.6) is 0 Å². The van der Waals surface area contributed by atoms with E-state index in [1.807, 2.05) is 26.0 Å². The highest BCUT2D eigenvalue weighted by Crippen LogP contribution is 2.10. The van der Waals surface area contributed by atoms with E-state index in [2.05, 4.69) is 6.07 Å². The minimum atomic E-state index is 0.108. The summed E-state index contributed by atoms with van der Waals surface area (Å²) in [6.07, 6.45) is 0. The number of halogens is 1. The monoisotopic (exact) mass is 167 g/mol. The van der Waals surface area contributed by atoms with Gasteiger partial charge in [0.2, 0.25) is 0 Å². The highest BCUT2D eigenvalue weighted by molar-refractivity contribution is 6.68. The van der Waals surface area contributed by atoms with Crippen LogP contribution in [0.3, 0.4) is 0 Å². The van der Waals surface area contributed by atoms with Crippen molar-refractivity contribution < 1.29 is 0 Å². The second-order valence-electron chi connectivity index (χ2n) is 2.69. The molecule has 0 atom stereocenters. The molecule has 0 unspecified atom stereocenters. The van der Waals surface area contributed by atoms with Crippen molar-refractivity contribution in [2.45, 2.75) is 13.8 Å². The maximum absolute atomic E-state index is 7.19. The summed E-state index contributed by atoms with van der Waals surface area (Å²) >= 11 is 5.53. The van der Waals surface area contributed by atoms with E-state index in [1.54, 1.807) is 0 Å². The Morgan fingerprint density at radius 1 is 1.18 bits per heavy atom. The first-order valence-electron chi connectivity index (χ1n) is 3.42. The summed E-state index contributed by atoms with van der Waals surface area (Å²) in [5, 5.41) is 7.30. The molecule has 1 N–H and O–H groups in total. The van der Waals surface area contributed by atoms with Crippen LogP contribution < -0.4 is 0 Å². The lowest BCUT2D eigenvalue weighted by Crippen LogP contribution is -1.90. The van der Waals surface area contributed by atoms with E-state index < -0.39 is 0 Å². The number of benzene rings is 1. The van der Waals surface area contributed by atoms with Crippen LogP contribution in [0.25, 0.3) is 0 Å². The molecule has 0 spiro atoms. The quantitative estimate of drug-likeness (QED) is 0.622. The van der Waals surface area contributed by atoms with Crippen molar-refractivity contribution in [2.24, 2.45) is 0 Å². The van der Waals surface area contributed by atoms with Crippen molar-refractivity contribution >= 4 is 16.8 Å². The first kappa shape index (κ1) is 8.28. The van der Waals surface area contributed by atoms with Crippen LogP contribution in [-0.2, 0) is 0 Å². The molecule has 0 heterocycles. The molecule has 58 valence electrons. The smallest absolute Gasteiger partial charge is 0.128 e. The van der Waals surface area contributed by atoms with E-state index in [9.17, 15) is 0 Å². The Bertz CT molecular complexity index is 271. The number of rotatable bonds is 1. The minimum absolute atomic E-state index is 0.108. The molecule has 0 aliphatic heterocycles. The van der Waals surface area contributed by atoms with Gasteiger partial charge < -0.3 is 0 Å². The average Bonchev–Trinajstić information content (AvgIpc) is 1.85. The molecule has 1 nitrogen and oxygen atoms in total. The third kappa shape index (κ3) is 2.05. The number of nitrogens with one attached hydrogen (secondary N) is 1. The topological polar surface area (TPSA) is 23.9 Å². The zero-order valence-corrected chi connectivity index (χ0v) is 7.37. The fourth-order valence-electron chi connectivity index (χ4n) is 1.10. The van der Waals surface area contributed by atoms with Gasteiger partial charge in [-0.25, -0.2) is 0 Å². The summed E-state index contributed by atoms with van der Waals surface area (Å²) in [4.78, 5) is 0. The molecule has 1 rings (SSSR count). The van der Waals surface area contributed by atoms with Crippen LogP contribution >= 0.6 is 11.6 Å². The molecule has 0 aromatic heterocycles. The van der Waals surface area contributed by atoms with Crippen molar-refractivity contribution in [1.82, 2.24) is 0 Å². The van der Waals surface area contributed by atoms with E-state index in [1.165, 1.54) is 0 Å². The zero-order chi connectivity index (χ0) is 8.43. The van der Waals surface area contributed by atoms with Crippen LogP contribution in [0.4, 0.5) is 0 Å². The molecule has 0 amide bonds. The Balaban J connectivity index is 3.19. The molecule has 0 aliphatic carbocycles. The highest BCUT2D eigenvalue weighted by Gasteiger charge is 1.98. The van der Waals surface area contributed by atoms with E-state index in [0.717, 1.165) is 16.7 Å². The molecule has 0 aliphatic rings. The van der Waals surface area contributed by atoms with E-state index >= 15 is 0 Å². The van der Waals surface area contributed by atoms with Gasteiger partial charge in [0.1, 0.15) is 5.17 Å². The summed E-state index contributed by atoms with van der Waals surface area (Å²) in [6.45, 7) is 3.99. The second-order valence-corrected chi connectivity index (χ2v) is 3.07. The molecule has 0 saturated carbocycles. The van der Waals surface area contributed by atoms with Gasteiger partial charge in [-0.2, -0.15) is 0 Å². The van der Waals surface area contributed by atoms with Crippen LogP contribution in [0.1, 0.15) is 16.7 Å². The molecule has 2 heteroatoms. The molecule has 1 aromatic carbocycles. The van der Waals surface area contributed by atoms with Gasteiger partial charge in [0.05, 0.1) is 0 Å². The first-order valence-corrected chi connectivity index (χ1v) is 3.80. The third-order valence-corrected chi connectivity index (χ3v) is 1.69. The summed E-state index contributed by atoms with van der Waals surface area (Å²) < 4.78 is 0. The second kappa shape index (κ2) is 3.05. The van der Waals surface area contributed by atoms with Gasteiger partial charge >= 0.3 is 0 Å². The van der Waals surface area contributed by atoms with E-state index in [-0.39, 0.29) is 5.17 Å². The fourth-order valence-corrected chi connectivity index (χ4v) is 1.21. The van der Waals surface area contributed by atoms with Crippen molar-refractivity contribution in [1.29, 1.82) is 5.41 Å². The average molecular weight is 168 g/mol. The van der Waals surface area contributed by atoms with E-state index in [0.29, 0.717) is 0 Å². The van der Waals surface area contributed by atoms with Crippen molar-refractivity contribution in [3.05, 3.63) is 34.9 Å². The van der Waals surface area contributed by atoms with Gasteiger partial charge in [-0.3, -0.25) is 5.41 Å². The molecular formula is C9H10ClN. The Kier molecular flexibility index (Phi) is 2.30. The van der Waals surface area contributed by atoms with Gasteiger partial charge in [-0.1, -0.05) is 28.8 Å². The number of hydrogen-bond acceptors (Lipinski definition) is 1. The maximum atomic E-state index is 7.19. The van der Waals surface area contributed by atoms with Gasteiger partial charge in [0, 0.05) is 5.56 Å². The lowest BCUT2D eigenvalue weighted by Gasteiger charge is -2.00. The van der Waals surface area contributed by atoms with Gasteiger partial charge in [-0.05, 0) is 26.0 Å². The third-order valence-electron chi connectivity index (χ3n) is 1.48. The predicted octanol–water partition coefficient (Wildman–Crippen LogP) is 2.87. The Labute approximate surface area is 71.5 Å². The molecule has 0 radical (unpaired) electrons. The van der Waals surface area contributed by atoms with Crippen molar-refractivity contribution in [3.63, 3.8) is 0 Å². The standard InChI is InChI=1S/C9H10ClN/c1-6-3-7(2)5-8(4-6)9(10)11/h3-5,11H,1-2H3. The zero-order valence-electron chi connectivity index (χ0n) is 6.61. The van der Waals surface area contributed by atoms with Crippen molar-refractivity contribution in [2.75, 3.05) is 0 Å². The Hall–Kier alpha value is -0.820. The molecular weight excluding hydrogens is 158 g/mol. The summed E-state index contributed by atoms with van der Waals surface area (Å²) in [7, 11) is 0. The van der Waals surface area contributed by atoms with Crippen LogP contribution in [0.15, 0.2) is 18.2 Å². The molecule has 0 saturated heterocycles. The highest BCUT2D eigenvalue weighted by atomic mass is 35.5. The normalized spacial score (nSPS) is 9.73. The van der Waals surface area contributed by atoms with Crippen LogP contribution in [0.2, 0.25) is 0 Å². The number of aryl methyl sites for hydroxylation is 2. The van der Waals surface area contributed by atoms with Gasteiger partial charge in [0.15, 0.2) is 0 Å². The molecule has 0 fully saturated rings. The molecule has 1 aromatic rings. The van der Waals surface area contributed by atoms with Crippen molar-refractivity contribution in [3.8, 4) is 0 Å².